The number of nitrogens with one attached hydrogen (secondary N) is 1. The highest BCUT2D eigenvalue weighted by atomic mass is 16.5. The van der Waals surface area contributed by atoms with Gasteiger partial charge in [0.2, 0.25) is 5.95 Å². The second kappa shape index (κ2) is 5.87. The van der Waals surface area contributed by atoms with Crippen LogP contribution in [0, 0.1) is 6.92 Å². The van der Waals surface area contributed by atoms with Crippen LogP contribution >= 0.6 is 0 Å². The largest absolute Gasteiger partial charge is 0.492 e. The van der Waals surface area contributed by atoms with Gasteiger partial charge in [0, 0.05) is 7.05 Å². The number of benzene rings is 2. The third-order valence-electron chi connectivity index (χ3n) is 3.45. The van der Waals surface area contributed by atoms with Crippen LogP contribution < -0.4 is 10.1 Å². The fraction of sp³-hybridized carbons (Fsp3) is 0.235. The molecule has 108 valence electrons. The van der Waals surface area contributed by atoms with Gasteiger partial charge in [-0.3, -0.25) is 0 Å². The van der Waals surface area contributed by atoms with E-state index in [0.29, 0.717) is 6.61 Å². The van der Waals surface area contributed by atoms with Gasteiger partial charge in [-0.15, -0.1) is 0 Å². The minimum absolute atomic E-state index is 0.610. The lowest BCUT2D eigenvalue weighted by Crippen LogP contribution is -2.10. The number of aryl methyl sites for hydroxylation is 1. The second-order valence-electron chi connectivity index (χ2n) is 4.99. The van der Waals surface area contributed by atoms with Gasteiger partial charge in [-0.2, -0.15) is 0 Å². The number of ether oxygens (including phenoxy) is 1. The van der Waals surface area contributed by atoms with E-state index in [1.54, 1.807) is 0 Å². The number of para-hydroxylation sites is 2. The first-order valence-corrected chi connectivity index (χ1v) is 7.10. The van der Waals surface area contributed by atoms with E-state index in [2.05, 4.69) is 33.9 Å². The molecule has 0 amide bonds. The molecule has 0 saturated heterocycles. The van der Waals surface area contributed by atoms with Gasteiger partial charge < -0.3 is 14.6 Å². The van der Waals surface area contributed by atoms with Crippen molar-refractivity contribution in [1.82, 2.24) is 9.55 Å². The molecule has 2 aromatic carbocycles. The van der Waals surface area contributed by atoms with E-state index < -0.39 is 0 Å². The molecule has 0 aliphatic rings. The van der Waals surface area contributed by atoms with E-state index in [4.69, 9.17) is 4.74 Å². The van der Waals surface area contributed by atoms with Gasteiger partial charge in [0.1, 0.15) is 12.4 Å². The zero-order valence-electron chi connectivity index (χ0n) is 12.3. The van der Waals surface area contributed by atoms with Crippen LogP contribution in [0.5, 0.6) is 5.75 Å². The lowest BCUT2D eigenvalue weighted by Gasteiger charge is -2.10. The minimum Gasteiger partial charge on any atom is -0.492 e. The Kier molecular flexibility index (Phi) is 3.77. The SMILES string of the molecule is CNc1nc2ccccc2n1CCOc1cccc(C)c1. The van der Waals surface area contributed by atoms with E-state index >= 15 is 0 Å². The Balaban J connectivity index is 1.75. The third kappa shape index (κ3) is 2.84. The Morgan fingerprint density at radius 3 is 2.81 bits per heavy atom. The average Bonchev–Trinajstić information content (AvgIpc) is 2.86. The zero-order valence-corrected chi connectivity index (χ0v) is 12.3. The first-order valence-electron chi connectivity index (χ1n) is 7.10. The Hall–Kier alpha value is -2.49. The van der Waals surface area contributed by atoms with Gasteiger partial charge in [0.05, 0.1) is 17.6 Å². The highest BCUT2D eigenvalue weighted by Crippen LogP contribution is 2.19. The van der Waals surface area contributed by atoms with E-state index in [-0.39, 0.29) is 0 Å². The van der Waals surface area contributed by atoms with Crippen LogP contribution in [0.15, 0.2) is 48.5 Å². The van der Waals surface area contributed by atoms with Crippen molar-refractivity contribution >= 4 is 17.0 Å². The smallest absolute Gasteiger partial charge is 0.203 e. The first kappa shape index (κ1) is 13.5. The lowest BCUT2D eigenvalue weighted by atomic mass is 10.2. The van der Waals surface area contributed by atoms with Gasteiger partial charge in [-0.05, 0) is 36.8 Å². The Morgan fingerprint density at radius 2 is 2.00 bits per heavy atom. The molecule has 0 radical (unpaired) electrons. The minimum atomic E-state index is 0.610. The van der Waals surface area contributed by atoms with Crippen LogP contribution in [-0.4, -0.2) is 23.2 Å². The molecular formula is C17H19N3O. The first-order chi connectivity index (χ1) is 10.3. The normalized spacial score (nSPS) is 10.8. The third-order valence-corrected chi connectivity index (χ3v) is 3.45. The van der Waals surface area contributed by atoms with Gasteiger partial charge >= 0.3 is 0 Å². The molecule has 1 N–H and O–H groups in total. The number of rotatable bonds is 5. The molecule has 0 saturated carbocycles. The molecule has 21 heavy (non-hydrogen) atoms. The van der Waals surface area contributed by atoms with Crippen LogP contribution in [0.25, 0.3) is 11.0 Å². The van der Waals surface area contributed by atoms with Crippen molar-refractivity contribution in [3.8, 4) is 5.75 Å². The zero-order chi connectivity index (χ0) is 14.7. The van der Waals surface area contributed by atoms with Crippen LogP contribution in [0.2, 0.25) is 0 Å². The van der Waals surface area contributed by atoms with Gasteiger partial charge in [0.25, 0.3) is 0 Å². The number of hydrogen-bond acceptors (Lipinski definition) is 3. The van der Waals surface area contributed by atoms with Crippen molar-refractivity contribution in [2.75, 3.05) is 19.0 Å². The molecule has 0 unspecified atom stereocenters. The molecule has 0 aliphatic carbocycles. The molecule has 3 rings (SSSR count). The summed E-state index contributed by atoms with van der Waals surface area (Å²) in [6, 6.07) is 16.2. The molecule has 3 aromatic rings. The summed E-state index contributed by atoms with van der Waals surface area (Å²) in [5.74, 6) is 1.77. The Labute approximate surface area is 124 Å². The summed E-state index contributed by atoms with van der Waals surface area (Å²) in [6.07, 6.45) is 0. The summed E-state index contributed by atoms with van der Waals surface area (Å²) in [6.45, 7) is 3.43. The highest BCUT2D eigenvalue weighted by molar-refractivity contribution is 5.78. The van der Waals surface area contributed by atoms with Crippen LogP contribution in [-0.2, 0) is 6.54 Å². The van der Waals surface area contributed by atoms with Crippen molar-refractivity contribution < 1.29 is 4.74 Å². The monoisotopic (exact) mass is 281 g/mol. The summed E-state index contributed by atoms with van der Waals surface area (Å²) < 4.78 is 7.98. The molecule has 4 nitrogen and oxygen atoms in total. The molecule has 0 aliphatic heterocycles. The van der Waals surface area contributed by atoms with Gasteiger partial charge in [-0.25, -0.2) is 4.98 Å². The van der Waals surface area contributed by atoms with Gasteiger partial charge in [0.15, 0.2) is 0 Å². The van der Waals surface area contributed by atoms with E-state index in [1.807, 2.05) is 43.4 Å². The number of imidazole rings is 1. The van der Waals surface area contributed by atoms with Crippen molar-refractivity contribution in [2.45, 2.75) is 13.5 Å². The highest BCUT2D eigenvalue weighted by Gasteiger charge is 2.08. The summed E-state index contributed by atoms with van der Waals surface area (Å²) in [5, 5.41) is 3.14. The summed E-state index contributed by atoms with van der Waals surface area (Å²) in [7, 11) is 1.89. The number of anilines is 1. The number of fused-ring (bicyclic) bond motifs is 1. The van der Waals surface area contributed by atoms with Crippen molar-refractivity contribution in [1.29, 1.82) is 0 Å². The predicted molar refractivity (Wildman–Crippen MR) is 86.0 cm³/mol. The quantitative estimate of drug-likeness (QED) is 0.778. The van der Waals surface area contributed by atoms with Crippen LogP contribution in [0.1, 0.15) is 5.56 Å². The summed E-state index contributed by atoms with van der Waals surface area (Å²) >= 11 is 0. The molecule has 1 aromatic heterocycles. The number of hydrogen-bond donors (Lipinski definition) is 1. The van der Waals surface area contributed by atoms with E-state index in [9.17, 15) is 0 Å². The van der Waals surface area contributed by atoms with Gasteiger partial charge in [-0.1, -0.05) is 24.3 Å². The summed E-state index contributed by atoms with van der Waals surface area (Å²) in [5.41, 5.74) is 3.32. The van der Waals surface area contributed by atoms with Crippen molar-refractivity contribution in [3.05, 3.63) is 54.1 Å². The molecule has 4 heteroatoms. The molecule has 1 heterocycles. The number of aromatic nitrogens is 2. The lowest BCUT2D eigenvalue weighted by molar-refractivity contribution is 0.301. The van der Waals surface area contributed by atoms with E-state index in [1.165, 1.54) is 5.56 Å². The van der Waals surface area contributed by atoms with Crippen molar-refractivity contribution in [3.63, 3.8) is 0 Å². The second-order valence-corrected chi connectivity index (χ2v) is 4.99. The number of nitrogens with zero attached hydrogens (tertiary/aromatic N) is 2. The topological polar surface area (TPSA) is 39.1 Å². The van der Waals surface area contributed by atoms with Crippen LogP contribution in [0.3, 0.4) is 0 Å². The molecule has 0 spiro atoms. The Morgan fingerprint density at radius 1 is 1.14 bits per heavy atom. The maximum absolute atomic E-state index is 5.83. The van der Waals surface area contributed by atoms with Crippen molar-refractivity contribution in [2.24, 2.45) is 0 Å². The fourth-order valence-corrected chi connectivity index (χ4v) is 2.45. The Bertz CT molecular complexity index is 749. The predicted octanol–water partition coefficient (Wildman–Crippen LogP) is 3.47. The average molecular weight is 281 g/mol. The van der Waals surface area contributed by atoms with Crippen LogP contribution in [0.4, 0.5) is 5.95 Å². The molecule has 0 fully saturated rings. The maximum Gasteiger partial charge on any atom is 0.203 e. The summed E-state index contributed by atoms with van der Waals surface area (Å²) in [4.78, 5) is 4.57. The standard InChI is InChI=1S/C17H19N3O/c1-13-6-5-7-14(12-13)21-11-10-20-16-9-4-3-8-15(16)19-17(20)18-2/h3-9,12H,10-11H2,1-2H3,(H,18,19). The molecular weight excluding hydrogens is 262 g/mol. The van der Waals surface area contributed by atoms with E-state index in [0.717, 1.165) is 29.3 Å². The maximum atomic E-state index is 5.83. The molecule has 0 bridgehead atoms. The fourth-order valence-electron chi connectivity index (χ4n) is 2.45. The molecule has 0 atom stereocenters.